The second-order valence-electron chi connectivity index (χ2n) is 22.8. The molecule has 2 unspecified atom stereocenters. The predicted octanol–water partition coefficient (Wildman–Crippen LogP) is 21.1. The molecule has 0 aromatic rings. The first kappa shape index (κ1) is 72.1. The fourth-order valence-corrected chi connectivity index (χ4v) is 10.3. The van der Waals surface area contributed by atoms with E-state index in [-0.39, 0.29) is 18.5 Å². The largest absolute Gasteiger partial charge is 0.466 e. The van der Waals surface area contributed by atoms with E-state index in [1.54, 1.807) is 0 Å². The van der Waals surface area contributed by atoms with E-state index in [1.807, 2.05) is 0 Å². The van der Waals surface area contributed by atoms with Crippen molar-refractivity contribution in [3.8, 4) is 0 Å². The number of allylic oxidation sites excluding steroid dienone is 6. The summed E-state index contributed by atoms with van der Waals surface area (Å²) in [5, 5.41) is 23.4. The van der Waals surface area contributed by atoms with Crippen LogP contribution in [0, 0.1) is 0 Å². The Balaban J connectivity index is 3.42. The van der Waals surface area contributed by atoms with Gasteiger partial charge in [0.25, 0.3) is 0 Å². The molecule has 0 aliphatic carbocycles. The summed E-state index contributed by atoms with van der Waals surface area (Å²) in [5.74, 6) is -0.0404. The zero-order chi connectivity index (χ0) is 53.6. The number of hydrogen-bond donors (Lipinski definition) is 3. The van der Waals surface area contributed by atoms with Crippen LogP contribution in [-0.4, -0.2) is 47.4 Å². The number of aliphatic hydroxyl groups is 2. The first-order chi connectivity index (χ1) is 36.5. The summed E-state index contributed by atoms with van der Waals surface area (Å²) in [5.41, 5.74) is 0. The van der Waals surface area contributed by atoms with Gasteiger partial charge in [-0.05, 0) is 83.5 Å². The zero-order valence-electron chi connectivity index (χ0n) is 49.8. The maximum absolute atomic E-state index is 12.5. The highest BCUT2D eigenvalue weighted by Gasteiger charge is 2.20. The molecule has 2 atom stereocenters. The Morgan fingerprint density at radius 3 is 1.05 bits per heavy atom. The fourth-order valence-electron chi connectivity index (χ4n) is 10.3. The van der Waals surface area contributed by atoms with Crippen molar-refractivity contribution in [1.29, 1.82) is 0 Å². The maximum Gasteiger partial charge on any atom is 0.305 e. The number of rotatable bonds is 62. The third kappa shape index (κ3) is 59.3. The molecule has 6 nitrogen and oxygen atoms in total. The Hall–Kier alpha value is -1.92. The Labute approximate surface area is 462 Å². The summed E-state index contributed by atoms with van der Waals surface area (Å²) >= 11 is 0. The van der Waals surface area contributed by atoms with Crippen LogP contribution in [0.25, 0.3) is 0 Å². The standard InChI is InChI=1S/C68H129NO5/c1-3-5-7-9-11-13-15-17-19-21-29-32-36-40-44-48-52-56-60-66(71)65(64-70)69-67(72)61-57-53-49-45-41-37-33-30-27-25-23-22-24-26-28-31-35-39-43-47-51-55-59-63-74-68(73)62-58-54-50-46-42-38-34-20-18-16-14-12-10-8-6-4-2/h14,16,20,25,27,34,65-66,70-71H,3-13,15,17-19,21-24,26,28-33,35-64H2,1-2H3,(H,69,72)/b16-14-,27-25-,34-20-. The van der Waals surface area contributed by atoms with Gasteiger partial charge in [-0.3, -0.25) is 9.59 Å². The van der Waals surface area contributed by atoms with Gasteiger partial charge in [-0.15, -0.1) is 0 Å². The molecule has 3 N–H and O–H groups in total. The average Bonchev–Trinajstić information content (AvgIpc) is 3.40. The molecular weight excluding hydrogens is 911 g/mol. The molecule has 0 fully saturated rings. The highest BCUT2D eigenvalue weighted by atomic mass is 16.5. The molecule has 0 aromatic carbocycles. The number of carbonyl (C=O) groups excluding carboxylic acids is 2. The average molecular weight is 1040 g/mol. The minimum atomic E-state index is -0.669. The van der Waals surface area contributed by atoms with Crippen LogP contribution >= 0.6 is 0 Å². The first-order valence-corrected chi connectivity index (χ1v) is 33.2. The van der Waals surface area contributed by atoms with E-state index in [1.165, 1.54) is 276 Å². The van der Waals surface area contributed by atoms with E-state index < -0.39 is 12.1 Å². The smallest absolute Gasteiger partial charge is 0.305 e. The second kappa shape index (κ2) is 63.6. The summed E-state index contributed by atoms with van der Waals surface area (Å²) in [6, 6.07) is -0.547. The van der Waals surface area contributed by atoms with Crippen LogP contribution in [0.3, 0.4) is 0 Å². The molecule has 74 heavy (non-hydrogen) atoms. The van der Waals surface area contributed by atoms with E-state index in [2.05, 4.69) is 55.6 Å². The number of amides is 1. The molecule has 0 bridgehead atoms. The molecule has 1 amide bonds. The van der Waals surface area contributed by atoms with Gasteiger partial charge in [-0.25, -0.2) is 0 Å². The summed E-state index contributed by atoms with van der Waals surface area (Å²) < 4.78 is 5.48. The number of nitrogens with one attached hydrogen (secondary N) is 1. The number of carbonyl (C=O) groups is 2. The highest BCUT2D eigenvalue weighted by molar-refractivity contribution is 5.76. The molecular formula is C68H129NO5. The Bertz CT molecular complexity index is 1200. The number of ether oxygens (including phenoxy) is 1. The van der Waals surface area contributed by atoms with Gasteiger partial charge < -0.3 is 20.3 Å². The van der Waals surface area contributed by atoms with Gasteiger partial charge in [0.15, 0.2) is 0 Å². The fraction of sp³-hybridized carbons (Fsp3) is 0.882. The Kier molecular flexibility index (Phi) is 62.0. The van der Waals surface area contributed by atoms with Gasteiger partial charge in [0.05, 0.1) is 25.4 Å². The number of hydrogen-bond acceptors (Lipinski definition) is 5. The summed E-state index contributed by atoms with van der Waals surface area (Å²) in [6.07, 6.45) is 80.2. The Morgan fingerprint density at radius 2 is 0.676 bits per heavy atom. The number of esters is 1. The summed E-state index contributed by atoms with van der Waals surface area (Å²) in [7, 11) is 0. The predicted molar refractivity (Wildman–Crippen MR) is 324 cm³/mol. The van der Waals surface area contributed by atoms with Gasteiger partial charge in [0.2, 0.25) is 5.91 Å². The molecule has 0 aliphatic heterocycles. The van der Waals surface area contributed by atoms with Crippen LogP contribution in [0.5, 0.6) is 0 Å². The summed E-state index contributed by atoms with van der Waals surface area (Å²) in [4.78, 5) is 24.6. The van der Waals surface area contributed by atoms with Gasteiger partial charge in [-0.2, -0.15) is 0 Å². The van der Waals surface area contributed by atoms with Crippen LogP contribution in [0.1, 0.15) is 361 Å². The van der Waals surface area contributed by atoms with Crippen molar-refractivity contribution < 1.29 is 24.5 Å². The lowest BCUT2D eigenvalue weighted by Gasteiger charge is -2.22. The van der Waals surface area contributed by atoms with E-state index in [4.69, 9.17) is 4.74 Å². The lowest BCUT2D eigenvalue weighted by molar-refractivity contribution is -0.143. The molecule has 0 rings (SSSR count). The normalized spacial score (nSPS) is 12.8. The molecule has 0 aliphatic rings. The van der Waals surface area contributed by atoms with Crippen LogP contribution in [-0.2, 0) is 14.3 Å². The van der Waals surface area contributed by atoms with Crippen molar-refractivity contribution >= 4 is 11.9 Å². The molecule has 0 heterocycles. The van der Waals surface area contributed by atoms with Crippen LogP contribution in [0.4, 0.5) is 0 Å². The highest BCUT2D eigenvalue weighted by Crippen LogP contribution is 2.18. The van der Waals surface area contributed by atoms with Crippen molar-refractivity contribution in [2.75, 3.05) is 13.2 Å². The third-order valence-electron chi connectivity index (χ3n) is 15.4. The van der Waals surface area contributed by atoms with Crippen molar-refractivity contribution in [1.82, 2.24) is 5.32 Å². The van der Waals surface area contributed by atoms with Gasteiger partial charge in [-0.1, -0.05) is 301 Å². The minimum absolute atomic E-state index is 0.00160. The molecule has 0 saturated carbocycles. The quantitative estimate of drug-likeness (QED) is 0.0320. The van der Waals surface area contributed by atoms with E-state index in [0.29, 0.717) is 25.9 Å². The van der Waals surface area contributed by atoms with E-state index in [9.17, 15) is 19.8 Å². The monoisotopic (exact) mass is 1040 g/mol. The Morgan fingerprint density at radius 1 is 0.378 bits per heavy atom. The number of unbranched alkanes of at least 4 members (excludes halogenated alkanes) is 45. The molecule has 0 aromatic heterocycles. The van der Waals surface area contributed by atoms with Gasteiger partial charge in [0.1, 0.15) is 0 Å². The van der Waals surface area contributed by atoms with E-state index >= 15 is 0 Å². The molecule has 436 valence electrons. The van der Waals surface area contributed by atoms with Crippen molar-refractivity contribution in [3.63, 3.8) is 0 Å². The van der Waals surface area contributed by atoms with Crippen LogP contribution in [0.15, 0.2) is 36.5 Å². The van der Waals surface area contributed by atoms with Gasteiger partial charge >= 0.3 is 5.97 Å². The molecule has 0 saturated heterocycles. The number of aliphatic hydroxyl groups excluding tert-OH is 2. The third-order valence-corrected chi connectivity index (χ3v) is 15.4. The van der Waals surface area contributed by atoms with Crippen molar-refractivity contribution in [3.05, 3.63) is 36.5 Å². The van der Waals surface area contributed by atoms with Crippen LogP contribution in [0.2, 0.25) is 0 Å². The van der Waals surface area contributed by atoms with Crippen molar-refractivity contribution in [2.45, 2.75) is 373 Å². The maximum atomic E-state index is 12.5. The first-order valence-electron chi connectivity index (χ1n) is 33.2. The van der Waals surface area contributed by atoms with Crippen molar-refractivity contribution in [2.24, 2.45) is 0 Å². The lowest BCUT2D eigenvalue weighted by Crippen LogP contribution is -2.45. The lowest BCUT2D eigenvalue weighted by atomic mass is 10.0. The topological polar surface area (TPSA) is 95.9 Å². The molecule has 0 radical (unpaired) electrons. The molecule has 6 heteroatoms. The summed E-state index contributed by atoms with van der Waals surface area (Å²) in [6.45, 7) is 4.95. The zero-order valence-corrected chi connectivity index (χ0v) is 49.8. The second-order valence-corrected chi connectivity index (χ2v) is 22.8. The van der Waals surface area contributed by atoms with E-state index in [0.717, 1.165) is 51.4 Å². The van der Waals surface area contributed by atoms with Crippen LogP contribution < -0.4 is 5.32 Å². The molecule has 0 spiro atoms. The SMILES string of the molecule is CCCCCC/C=C\C/C=C\CCCCCCCC(=O)OCCCCCCCCCCCCCC/C=C\CCCCCCCCCC(=O)NC(CO)C(O)CCCCCCCCCCCCCCCCCCCC. The minimum Gasteiger partial charge on any atom is -0.466 e. The van der Waals surface area contributed by atoms with Gasteiger partial charge in [0, 0.05) is 12.8 Å².